The minimum Gasteiger partial charge on any atom is -0.397 e. The summed E-state index contributed by atoms with van der Waals surface area (Å²) in [4.78, 5) is 126. The predicted molar refractivity (Wildman–Crippen MR) is 321 cm³/mol. The van der Waals surface area contributed by atoms with Crippen LogP contribution in [0.2, 0.25) is 0 Å². The summed E-state index contributed by atoms with van der Waals surface area (Å²) in [5.41, 5.74) is -8.95. The first-order chi connectivity index (χ1) is 49.1. The first-order valence-electron chi connectivity index (χ1n) is 37.9. The van der Waals surface area contributed by atoms with Crippen LogP contribution in [-0.2, 0) is 87.1 Å². The summed E-state index contributed by atoms with van der Waals surface area (Å²) >= 11 is 0. The molecule has 0 aromatic carbocycles. The lowest BCUT2D eigenvalue weighted by atomic mass is 10.2. The molecule has 8 aromatic heterocycles. The van der Waals surface area contributed by atoms with Crippen molar-refractivity contribution in [3.63, 3.8) is 0 Å². The second kappa shape index (κ2) is 32.2. The molecule has 8 aromatic rings. The van der Waals surface area contributed by atoms with Crippen LogP contribution in [0.15, 0.2) is 63.6 Å². The van der Waals surface area contributed by atoms with E-state index < -0.39 is 153 Å². The predicted octanol–water partition coefficient (Wildman–Crippen LogP) is 0.782. The van der Waals surface area contributed by atoms with Gasteiger partial charge in [0.25, 0.3) is 22.2 Å². The molecule has 1 unspecified atom stereocenters. The van der Waals surface area contributed by atoms with Gasteiger partial charge >= 0.3 is 22.8 Å². The van der Waals surface area contributed by atoms with Gasteiger partial charge in [0, 0.05) is 123 Å². The van der Waals surface area contributed by atoms with Crippen LogP contribution in [-0.4, -0.2) is 127 Å². The molecule has 0 spiro atoms. The van der Waals surface area contributed by atoms with E-state index in [1.807, 2.05) is 0 Å². The standard InChI is InChI=1S/3C13H20N4O3.C13H18N4O3.C2H6O.CH4/c4*1-9(18)6-4-5-7-17-12(19)10-11(14-8-15(10)2)16(3)13(17)20;1-2-3;/h3*8-9,18H,4-7H2,1-3H3;8H,4-7H2,1-3H3;3H,2H2,1H3;1H4/t2*9-;;;;/m10..../s1/i4*2D3,6D2,8D;3D;. The van der Waals surface area contributed by atoms with Crippen LogP contribution >= 0.6 is 0 Å². The number of aromatic nitrogens is 16. The summed E-state index contributed by atoms with van der Waals surface area (Å²) in [5, 5.41) is 32.0. The number of ketones is 1. The van der Waals surface area contributed by atoms with Crippen molar-refractivity contribution in [2.75, 3.05) is 6.61 Å². The summed E-state index contributed by atoms with van der Waals surface area (Å²) in [5.74, 6) is -0.660. The molecule has 0 radical (unpaired) electrons. The third-order valence-corrected chi connectivity index (χ3v) is 11.8. The molecule has 0 amide bonds. The molecule has 84 heavy (non-hydrogen) atoms. The molecule has 466 valence electrons. The highest BCUT2D eigenvalue weighted by Gasteiger charge is 2.18. The van der Waals surface area contributed by atoms with Gasteiger partial charge in [-0.05, 0) is 105 Å². The van der Waals surface area contributed by atoms with Gasteiger partial charge in [0.05, 0.1) is 43.5 Å². The Bertz CT molecular complexity index is 4730. The van der Waals surface area contributed by atoms with Crippen molar-refractivity contribution in [1.82, 2.24) is 74.7 Å². The maximum Gasteiger partial charge on any atom is 0.332 e. The Labute approximate surface area is 519 Å². The van der Waals surface area contributed by atoms with Gasteiger partial charge in [0.2, 0.25) is 1.43 Å². The molecule has 4 N–H and O–H groups in total. The molecule has 29 heteroatoms. The number of imidazole rings is 4. The average molecular weight is 1210 g/mol. The van der Waals surface area contributed by atoms with Crippen molar-refractivity contribution in [3.05, 3.63) is 109 Å². The smallest absolute Gasteiger partial charge is 0.332 e. The Hall–Kier alpha value is -7.89. The number of nitrogens with zero attached hydrogens (tertiary/aromatic N) is 16. The van der Waals surface area contributed by atoms with Gasteiger partial charge in [0.15, 0.2) is 44.7 Å². The normalized spacial score (nSPS) is 17.8. The molecule has 8 rings (SSSR count). The van der Waals surface area contributed by atoms with Crippen LogP contribution in [0.1, 0.15) is 152 Å². The molecular weight excluding hydrogens is 1090 g/mol. The summed E-state index contributed by atoms with van der Waals surface area (Å²) in [6, 6.07) is 0. The summed E-state index contributed by atoms with van der Waals surface area (Å²) in [6.45, 7) is -4.66. The van der Waals surface area contributed by atoms with E-state index in [9.17, 15) is 58.5 Å². The van der Waals surface area contributed by atoms with Crippen molar-refractivity contribution in [2.24, 2.45) is 56.1 Å². The molecule has 8 heterocycles. The lowest BCUT2D eigenvalue weighted by Crippen LogP contribution is -2.39. The van der Waals surface area contributed by atoms with Gasteiger partial charge in [-0.25, -0.2) is 39.1 Å². The summed E-state index contributed by atoms with van der Waals surface area (Å²) < 4.78 is 197. The molecule has 29 nitrogen and oxygen atoms in total. The zero-order valence-corrected chi connectivity index (χ0v) is 47.0. The monoisotopic (exact) mass is 1210 g/mol. The minimum atomic E-state index is -2.83. The van der Waals surface area contributed by atoms with Gasteiger partial charge < -0.3 is 43.5 Å². The van der Waals surface area contributed by atoms with Gasteiger partial charge in [-0.2, -0.15) is 0 Å². The van der Waals surface area contributed by atoms with Gasteiger partial charge in [-0.3, -0.25) is 55.7 Å². The Balaban J connectivity index is 0.000000369. The number of hydrogen-bond acceptors (Lipinski definition) is 17. The van der Waals surface area contributed by atoms with Crippen molar-refractivity contribution < 1.29 is 58.1 Å². The van der Waals surface area contributed by atoms with E-state index in [0.717, 1.165) is 43.5 Å². The maximum absolute atomic E-state index is 12.7. The molecule has 0 bridgehead atoms. The number of carbonyl (C=O) groups excluding carboxylic acids is 1. The Morgan fingerprint density at radius 1 is 0.488 bits per heavy atom. The average Bonchev–Trinajstić information content (AvgIpc) is 1.63. The Kier molecular flexibility index (Phi) is 15.5. The second-order valence-corrected chi connectivity index (χ2v) is 18.1. The highest BCUT2D eigenvalue weighted by molar-refractivity contribution is 5.75. The lowest BCUT2D eigenvalue weighted by Gasteiger charge is -2.09. The third kappa shape index (κ3) is 17.1. The van der Waals surface area contributed by atoms with Crippen LogP contribution in [0.3, 0.4) is 0 Å². The van der Waals surface area contributed by atoms with Crippen molar-refractivity contribution in [1.29, 1.82) is 1.43 Å². The highest BCUT2D eigenvalue weighted by atomic mass is 16.3. The van der Waals surface area contributed by atoms with E-state index in [2.05, 4.69) is 25.0 Å². The van der Waals surface area contributed by atoms with E-state index in [1.54, 1.807) is 6.92 Å². The molecule has 0 saturated carbocycles. The number of aliphatic hydroxyl groups is 4. The SMILES string of the molecule is C.[2H]OCC.[2H]c1nc2c(c(=O)n(CCCC([2H])([2H])C(C)=O)c(=O)n2C)n1C([2H])([2H])[2H].[2H]c1nc2c(c(=O)n(CCCC([2H])([2H])C(C)O)c(=O)n2C)n1C([2H])([2H])[2H].[2H]c1nc2c(c(=O)n(CCCC([2H])([2H])[C@@H](C)O)c(=O)n2C)n1C([2H])([2H])[2H].[2H]c1nc2c(c(=O)n(CCCC([2H])([2H])[C@H](C)O)c(=O)n2C)n1C([2H])([2H])[2H]. The largest absolute Gasteiger partial charge is 0.397 e. The number of hydrogen-bond donors (Lipinski definition) is 4. The van der Waals surface area contributed by atoms with Crippen LogP contribution in [0.4, 0.5) is 0 Å². The number of carbonyl (C=O) groups is 1. The number of aryl methyl sites for hydroxylation is 8. The number of fused-ring (bicyclic) bond motifs is 4. The van der Waals surface area contributed by atoms with Crippen LogP contribution in [0.5, 0.6) is 0 Å². The fourth-order valence-corrected chi connectivity index (χ4v) is 7.78. The molecule has 0 aliphatic carbocycles. The lowest BCUT2D eigenvalue weighted by molar-refractivity contribution is -0.117. The van der Waals surface area contributed by atoms with Crippen LogP contribution in [0.25, 0.3) is 44.7 Å². The molecular formula is C55H88N16O13. The zero-order valence-electron chi connectivity index (χ0n) is 72.0. The zero-order chi connectivity index (χ0) is 83.5. The minimum absolute atomic E-state index is 0. The van der Waals surface area contributed by atoms with Crippen molar-refractivity contribution in [2.45, 2.75) is 163 Å². The Morgan fingerprint density at radius 2 is 0.714 bits per heavy atom. The molecule has 0 aliphatic heterocycles. The van der Waals surface area contributed by atoms with E-state index in [1.165, 1.54) is 49.0 Å². The summed E-state index contributed by atoms with van der Waals surface area (Å²) in [6.07, 6.45) is -14.2. The molecule has 3 atom stereocenters. The van der Waals surface area contributed by atoms with Crippen molar-refractivity contribution >= 4 is 50.4 Å². The number of Topliss-reactive ketones (excluding diaryl/α,β-unsaturated/α-hetero) is 1. The Morgan fingerprint density at radius 3 is 0.905 bits per heavy atom. The van der Waals surface area contributed by atoms with E-state index >= 15 is 0 Å². The van der Waals surface area contributed by atoms with E-state index in [4.69, 9.17) is 34.3 Å². The molecule has 0 saturated heterocycles. The second-order valence-electron chi connectivity index (χ2n) is 18.1. The summed E-state index contributed by atoms with van der Waals surface area (Å²) in [7, 11) is 5.23. The van der Waals surface area contributed by atoms with Crippen LogP contribution in [0, 0.1) is 0 Å². The van der Waals surface area contributed by atoms with E-state index in [0.29, 0.717) is 24.9 Å². The number of aliphatic hydroxyl groups excluding tert-OH is 4. The van der Waals surface area contributed by atoms with Gasteiger partial charge in [-0.15, -0.1) is 0 Å². The fraction of sp³-hybridized carbons (Fsp3) is 0.618. The third-order valence-electron chi connectivity index (χ3n) is 11.8. The molecule has 0 fully saturated rings. The first-order valence-corrected chi connectivity index (χ1v) is 25.5. The molecule has 0 aliphatic rings. The quantitative estimate of drug-likeness (QED) is 0.0772. The van der Waals surface area contributed by atoms with Gasteiger partial charge in [-0.1, -0.05) is 7.43 Å². The van der Waals surface area contributed by atoms with Crippen LogP contribution < -0.4 is 45.0 Å². The highest BCUT2D eigenvalue weighted by Crippen LogP contribution is 2.09. The van der Waals surface area contributed by atoms with Crippen molar-refractivity contribution in [3.8, 4) is 0 Å². The maximum atomic E-state index is 12.7. The topological polar surface area (TPSA) is 345 Å². The van der Waals surface area contributed by atoms with E-state index in [-0.39, 0.29) is 124 Å². The fourth-order valence-electron chi connectivity index (χ4n) is 7.78. The first kappa shape index (κ1) is 40.4. The van der Waals surface area contributed by atoms with Gasteiger partial charge in [0.1, 0.15) is 11.3 Å². The number of rotatable bonds is 21.